The Morgan fingerprint density at radius 2 is 2.26 bits per heavy atom. The highest BCUT2D eigenvalue weighted by molar-refractivity contribution is 8.01. The van der Waals surface area contributed by atoms with Gasteiger partial charge in [-0.15, -0.1) is 11.8 Å². The topological polar surface area (TPSA) is 41.1 Å². The van der Waals surface area contributed by atoms with Crippen molar-refractivity contribution in [3.05, 3.63) is 29.8 Å². The molecular formula is C15H20N2OS. The van der Waals surface area contributed by atoms with Crippen molar-refractivity contribution in [2.45, 2.75) is 41.9 Å². The molecule has 2 heterocycles. The van der Waals surface area contributed by atoms with Crippen LogP contribution in [0.5, 0.6) is 0 Å². The standard InChI is InChI=1S/C15H20N2OS/c18-15(17-10-12-6-3-4-8-16-12)14-9-11-5-1-2-7-13(11)19-14/h1-2,5,7,12,14,16H,3-4,6,8-10H2,(H,17,18). The van der Waals surface area contributed by atoms with Gasteiger partial charge in [0.05, 0.1) is 5.25 Å². The van der Waals surface area contributed by atoms with Crippen molar-refractivity contribution in [1.82, 2.24) is 10.6 Å². The van der Waals surface area contributed by atoms with Crippen molar-refractivity contribution in [1.29, 1.82) is 0 Å². The number of fused-ring (bicyclic) bond motifs is 1. The fraction of sp³-hybridized carbons (Fsp3) is 0.533. The molecule has 2 N–H and O–H groups in total. The van der Waals surface area contributed by atoms with Crippen molar-refractivity contribution in [2.75, 3.05) is 13.1 Å². The van der Waals surface area contributed by atoms with E-state index in [9.17, 15) is 4.79 Å². The second-order valence-corrected chi connectivity index (χ2v) is 6.55. The average Bonchev–Trinajstić information content (AvgIpc) is 2.90. The molecule has 1 amide bonds. The Hall–Kier alpha value is -1.00. The van der Waals surface area contributed by atoms with Crippen LogP contribution in [0.3, 0.4) is 0 Å². The zero-order valence-electron chi connectivity index (χ0n) is 11.0. The molecule has 1 aromatic rings. The van der Waals surface area contributed by atoms with Crippen LogP contribution in [0.25, 0.3) is 0 Å². The number of piperidine rings is 1. The molecule has 1 aromatic carbocycles. The molecule has 1 fully saturated rings. The van der Waals surface area contributed by atoms with Crippen LogP contribution in [-0.2, 0) is 11.2 Å². The summed E-state index contributed by atoms with van der Waals surface area (Å²) in [5, 5.41) is 6.62. The maximum Gasteiger partial charge on any atom is 0.233 e. The highest BCUT2D eigenvalue weighted by Crippen LogP contribution is 2.36. The van der Waals surface area contributed by atoms with Crippen LogP contribution in [0.1, 0.15) is 24.8 Å². The number of hydrogen-bond acceptors (Lipinski definition) is 3. The molecule has 2 aliphatic rings. The van der Waals surface area contributed by atoms with E-state index in [1.807, 2.05) is 12.1 Å². The summed E-state index contributed by atoms with van der Waals surface area (Å²) in [6, 6.07) is 8.78. The van der Waals surface area contributed by atoms with E-state index in [0.717, 1.165) is 19.5 Å². The van der Waals surface area contributed by atoms with Crippen molar-refractivity contribution in [3.63, 3.8) is 0 Å². The minimum absolute atomic E-state index is 0.0565. The maximum absolute atomic E-state index is 12.2. The van der Waals surface area contributed by atoms with Gasteiger partial charge in [0.1, 0.15) is 0 Å². The van der Waals surface area contributed by atoms with E-state index in [0.29, 0.717) is 6.04 Å². The summed E-state index contributed by atoms with van der Waals surface area (Å²) in [6.45, 7) is 1.86. The van der Waals surface area contributed by atoms with Crippen LogP contribution in [-0.4, -0.2) is 30.3 Å². The number of thioether (sulfide) groups is 1. The average molecular weight is 276 g/mol. The summed E-state index contributed by atoms with van der Waals surface area (Å²) in [5.41, 5.74) is 1.31. The molecule has 0 radical (unpaired) electrons. The van der Waals surface area contributed by atoms with Crippen LogP contribution in [0.4, 0.5) is 0 Å². The first-order valence-electron chi connectivity index (χ1n) is 7.08. The summed E-state index contributed by atoms with van der Waals surface area (Å²) in [4.78, 5) is 13.5. The third-order valence-electron chi connectivity index (χ3n) is 3.87. The van der Waals surface area contributed by atoms with E-state index in [-0.39, 0.29) is 11.2 Å². The van der Waals surface area contributed by atoms with Gasteiger partial charge in [-0.3, -0.25) is 4.79 Å². The Kier molecular flexibility index (Phi) is 4.09. The zero-order valence-corrected chi connectivity index (χ0v) is 11.8. The normalized spacial score (nSPS) is 25.9. The summed E-state index contributed by atoms with van der Waals surface area (Å²) in [5.74, 6) is 0.188. The van der Waals surface area contributed by atoms with Crippen LogP contribution in [0.2, 0.25) is 0 Å². The number of hydrogen-bond donors (Lipinski definition) is 2. The first kappa shape index (κ1) is 13.0. The molecular weight excluding hydrogens is 256 g/mol. The Bertz CT molecular complexity index is 432. The van der Waals surface area contributed by atoms with Crippen molar-refractivity contribution >= 4 is 17.7 Å². The maximum atomic E-state index is 12.2. The van der Waals surface area contributed by atoms with Gasteiger partial charge in [-0.25, -0.2) is 0 Å². The van der Waals surface area contributed by atoms with Gasteiger partial charge < -0.3 is 10.6 Å². The molecule has 2 unspecified atom stereocenters. The molecule has 3 rings (SSSR count). The van der Waals surface area contributed by atoms with Gasteiger partial charge in [-0.05, 0) is 37.4 Å². The Morgan fingerprint density at radius 1 is 1.37 bits per heavy atom. The lowest BCUT2D eigenvalue weighted by molar-refractivity contribution is -0.120. The Morgan fingerprint density at radius 3 is 3.05 bits per heavy atom. The molecule has 0 aromatic heterocycles. The number of rotatable bonds is 3. The van der Waals surface area contributed by atoms with Crippen LogP contribution < -0.4 is 10.6 Å². The first-order chi connectivity index (χ1) is 9.33. The third-order valence-corrected chi connectivity index (χ3v) is 5.19. The zero-order chi connectivity index (χ0) is 13.1. The molecule has 4 heteroatoms. The summed E-state index contributed by atoms with van der Waals surface area (Å²) >= 11 is 1.70. The molecule has 2 aliphatic heterocycles. The molecule has 0 bridgehead atoms. The minimum Gasteiger partial charge on any atom is -0.354 e. The van der Waals surface area contributed by atoms with E-state index in [4.69, 9.17) is 0 Å². The van der Waals surface area contributed by atoms with Gasteiger partial charge in [0.25, 0.3) is 0 Å². The van der Waals surface area contributed by atoms with Gasteiger partial charge in [-0.1, -0.05) is 24.6 Å². The van der Waals surface area contributed by atoms with Crippen LogP contribution in [0.15, 0.2) is 29.2 Å². The molecule has 102 valence electrons. The number of amides is 1. The quantitative estimate of drug-likeness (QED) is 0.887. The van der Waals surface area contributed by atoms with E-state index >= 15 is 0 Å². The van der Waals surface area contributed by atoms with Gasteiger partial charge in [0, 0.05) is 17.5 Å². The van der Waals surface area contributed by atoms with Crippen LogP contribution >= 0.6 is 11.8 Å². The number of benzene rings is 1. The van der Waals surface area contributed by atoms with E-state index in [1.54, 1.807) is 11.8 Å². The van der Waals surface area contributed by atoms with Gasteiger partial charge in [0.2, 0.25) is 5.91 Å². The van der Waals surface area contributed by atoms with Crippen LogP contribution in [0, 0.1) is 0 Å². The summed E-state index contributed by atoms with van der Waals surface area (Å²) in [6.07, 6.45) is 4.58. The smallest absolute Gasteiger partial charge is 0.233 e. The highest BCUT2D eigenvalue weighted by Gasteiger charge is 2.28. The molecule has 3 nitrogen and oxygen atoms in total. The lowest BCUT2D eigenvalue weighted by atomic mass is 10.0. The molecule has 0 saturated carbocycles. The van der Waals surface area contributed by atoms with Gasteiger partial charge >= 0.3 is 0 Å². The SMILES string of the molecule is O=C(NCC1CCCCN1)C1Cc2ccccc2S1. The van der Waals surface area contributed by atoms with Gasteiger partial charge in [0.15, 0.2) is 0 Å². The largest absolute Gasteiger partial charge is 0.354 e. The molecule has 1 saturated heterocycles. The lowest BCUT2D eigenvalue weighted by Crippen LogP contribution is -2.45. The monoisotopic (exact) mass is 276 g/mol. The van der Waals surface area contributed by atoms with Crippen molar-refractivity contribution in [2.24, 2.45) is 0 Å². The van der Waals surface area contributed by atoms with E-state index < -0.39 is 0 Å². The second-order valence-electron chi connectivity index (χ2n) is 5.31. The Balaban J connectivity index is 1.49. The van der Waals surface area contributed by atoms with E-state index in [1.165, 1.54) is 29.7 Å². The van der Waals surface area contributed by atoms with Crippen molar-refractivity contribution < 1.29 is 4.79 Å². The fourth-order valence-corrected chi connectivity index (χ4v) is 3.98. The van der Waals surface area contributed by atoms with Gasteiger partial charge in [-0.2, -0.15) is 0 Å². The summed E-state index contributed by atoms with van der Waals surface area (Å²) < 4.78 is 0. The number of carbonyl (C=O) groups is 1. The second kappa shape index (κ2) is 5.97. The highest BCUT2D eigenvalue weighted by atomic mass is 32.2. The predicted octanol–water partition coefficient (Wildman–Crippen LogP) is 1.96. The summed E-state index contributed by atoms with van der Waals surface area (Å²) in [7, 11) is 0. The fourth-order valence-electron chi connectivity index (χ4n) is 2.76. The lowest BCUT2D eigenvalue weighted by Gasteiger charge is -2.24. The Labute approximate surface area is 118 Å². The van der Waals surface area contributed by atoms with Crippen molar-refractivity contribution in [3.8, 4) is 0 Å². The number of nitrogens with one attached hydrogen (secondary N) is 2. The van der Waals surface area contributed by atoms with E-state index in [2.05, 4.69) is 22.8 Å². The first-order valence-corrected chi connectivity index (χ1v) is 7.96. The molecule has 0 aliphatic carbocycles. The third kappa shape index (κ3) is 3.12. The minimum atomic E-state index is 0.0565. The molecule has 2 atom stereocenters. The number of carbonyl (C=O) groups excluding carboxylic acids is 1. The predicted molar refractivity (Wildman–Crippen MR) is 78.4 cm³/mol. The molecule has 19 heavy (non-hydrogen) atoms. The molecule has 0 spiro atoms.